The van der Waals surface area contributed by atoms with Crippen molar-refractivity contribution in [1.29, 1.82) is 0 Å². The molecule has 1 aliphatic heterocycles. The molecule has 1 saturated heterocycles. The van der Waals surface area contributed by atoms with Crippen molar-refractivity contribution in [3.8, 4) is 5.75 Å². The number of rotatable bonds is 6. The average molecular weight is 342 g/mol. The molecule has 6 heteroatoms. The molecule has 0 unspecified atom stereocenters. The molecule has 1 aromatic carbocycles. The SMILES string of the molecule is CC(C)Oc1cccc(CN[C@@H]2CCC(=O)N[C@H]2c2cnn(C)c2)c1. The smallest absolute Gasteiger partial charge is 0.220 e. The van der Waals surface area contributed by atoms with Crippen LogP contribution >= 0.6 is 0 Å². The lowest BCUT2D eigenvalue weighted by Gasteiger charge is -2.32. The zero-order chi connectivity index (χ0) is 17.8. The lowest BCUT2D eigenvalue weighted by molar-refractivity contribution is -0.123. The van der Waals surface area contributed by atoms with E-state index in [1.165, 1.54) is 5.56 Å². The Morgan fingerprint density at radius 3 is 3.00 bits per heavy atom. The second-order valence-electron chi connectivity index (χ2n) is 6.83. The van der Waals surface area contributed by atoms with Crippen LogP contribution in [0.1, 0.15) is 43.9 Å². The van der Waals surface area contributed by atoms with Gasteiger partial charge < -0.3 is 15.4 Å². The van der Waals surface area contributed by atoms with Gasteiger partial charge in [0, 0.05) is 37.8 Å². The van der Waals surface area contributed by atoms with Crippen molar-refractivity contribution in [2.75, 3.05) is 0 Å². The zero-order valence-electron chi connectivity index (χ0n) is 15.0. The molecule has 0 spiro atoms. The van der Waals surface area contributed by atoms with Crippen molar-refractivity contribution in [1.82, 2.24) is 20.4 Å². The largest absolute Gasteiger partial charge is 0.491 e. The summed E-state index contributed by atoms with van der Waals surface area (Å²) in [5.41, 5.74) is 2.20. The van der Waals surface area contributed by atoms with Gasteiger partial charge in [0.15, 0.2) is 0 Å². The lowest BCUT2D eigenvalue weighted by Crippen LogP contribution is -2.48. The van der Waals surface area contributed by atoms with E-state index in [1.807, 2.05) is 45.4 Å². The van der Waals surface area contributed by atoms with Gasteiger partial charge in [0.05, 0.1) is 18.3 Å². The minimum absolute atomic E-state index is 0.0509. The number of carbonyl (C=O) groups is 1. The summed E-state index contributed by atoms with van der Waals surface area (Å²) in [5.74, 6) is 0.981. The van der Waals surface area contributed by atoms with Gasteiger partial charge in [-0.3, -0.25) is 9.48 Å². The number of ether oxygens (including phenoxy) is 1. The quantitative estimate of drug-likeness (QED) is 0.845. The van der Waals surface area contributed by atoms with E-state index in [9.17, 15) is 4.79 Å². The van der Waals surface area contributed by atoms with Gasteiger partial charge >= 0.3 is 0 Å². The van der Waals surface area contributed by atoms with Crippen LogP contribution in [-0.2, 0) is 18.4 Å². The summed E-state index contributed by atoms with van der Waals surface area (Å²) in [6, 6.07) is 8.26. The number of benzene rings is 1. The van der Waals surface area contributed by atoms with Crippen molar-refractivity contribution >= 4 is 5.91 Å². The van der Waals surface area contributed by atoms with Crippen molar-refractivity contribution in [3.05, 3.63) is 47.8 Å². The fourth-order valence-electron chi connectivity index (χ4n) is 3.19. The van der Waals surface area contributed by atoms with Gasteiger partial charge in [-0.2, -0.15) is 5.10 Å². The van der Waals surface area contributed by atoms with Crippen molar-refractivity contribution < 1.29 is 9.53 Å². The molecule has 1 amide bonds. The topological polar surface area (TPSA) is 68.2 Å². The van der Waals surface area contributed by atoms with E-state index in [-0.39, 0.29) is 24.1 Å². The first-order valence-electron chi connectivity index (χ1n) is 8.78. The number of carbonyl (C=O) groups excluding carboxylic acids is 1. The Kier molecular flexibility index (Phi) is 5.38. The first-order chi connectivity index (χ1) is 12.0. The van der Waals surface area contributed by atoms with E-state index in [1.54, 1.807) is 4.68 Å². The van der Waals surface area contributed by atoms with E-state index < -0.39 is 0 Å². The van der Waals surface area contributed by atoms with Crippen LogP contribution < -0.4 is 15.4 Å². The third-order valence-corrected chi connectivity index (χ3v) is 4.32. The van der Waals surface area contributed by atoms with Crippen molar-refractivity contribution in [2.45, 2.75) is 51.4 Å². The van der Waals surface area contributed by atoms with Gasteiger partial charge in [0.1, 0.15) is 5.75 Å². The van der Waals surface area contributed by atoms with Crippen LogP contribution in [0.25, 0.3) is 0 Å². The number of nitrogens with zero attached hydrogens (tertiary/aromatic N) is 2. The molecule has 2 N–H and O–H groups in total. The summed E-state index contributed by atoms with van der Waals surface area (Å²) >= 11 is 0. The van der Waals surface area contributed by atoms with Gasteiger partial charge in [0.2, 0.25) is 5.91 Å². The molecule has 1 aromatic heterocycles. The van der Waals surface area contributed by atoms with Gasteiger partial charge in [-0.15, -0.1) is 0 Å². The molecule has 0 bridgehead atoms. The Bertz CT molecular complexity index is 726. The van der Waals surface area contributed by atoms with Crippen LogP contribution in [0.3, 0.4) is 0 Å². The molecule has 3 rings (SSSR count). The molecule has 0 aliphatic carbocycles. The molecule has 1 fully saturated rings. The van der Waals surface area contributed by atoms with Crippen LogP contribution in [0.5, 0.6) is 5.75 Å². The highest BCUT2D eigenvalue weighted by molar-refractivity contribution is 5.77. The molecule has 0 saturated carbocycles. The van der Waals surface area contributed by atoms with Gasteiger partial charge in [-0.1, -0.05) is 12.1 Å². The minimum atomic E-state index is -0.0509. The first kappa shape index (κ1) is 17.5. The second-order valence-corrected chi connectivity index (χ2v) is 6.83. The normalized spacial score (nSPS) is 20.6. The average Bonchev–Trinajstić information content (AvgIpc) is 3.00. The van der Waals surface area contributed by atoms with Gasteiger partial charge in [0.25, 0.3) is 0 Å². The van der Waals surface area contributed by atoms with Crippen LogP contribution in [-0.4, -0.2) is 27.8 Å². The predicted molar refractivity (Wildman–Crippen MR) is 96.2 cm³/mol. The Morgan fingerprint density at radius 1 is 1.44 bits per heavy atom. The third-order valence-electron chi connectivity index (χ3n) is 4.32. The summed E-state index contributed by atoms with van der Waals surface area (Å²) in [5, 5.41) is 10.9. The fourth-order valence-corrected chi connectivity index (χ4v) is 3.19. The number of aryl methyl sites for hydroxylation is 1. The number of piperidine rings is 1. The van der Waals surface area contributed by atoms with E-state index in [0.717, 1.165) is 24.3 Å². The highest BCUT2D eigenvalue weighted by Crippen LogP contribution is 2.24. The monoisotopic (exact) mass is 342 g/mol. The van der Waals surface area contributed by atoms with Crippen molar-refractivity contribution in [2.24, 2.45) is 7.05 Å². The number of nitrogens with one attached hydrogen (secondary N) is 2. The molecule has 1 aliphatic rings. The van der Waals surface area contributed by atoms with E-state index >= 15 is 0 Å². The number of hydrogen-bond donors (Lipinski definition) is 2. The highest BCUT2D eigenvalue weighted by Gasteiger charge is 2.30. The fraction of sp³-hybridized carbons (Fsp3) is 0.474. The van der Waals surface area contributed by atoms with Gasteiger partial charge in [-0.25, -0.2) is 0 Å². The number of amides is 1. The summed E-state index contributed by atoms with van der Waals surface area (Å²) in [7, 11) is 1.89. The lowest BCUT2D eigenvalue weighted by atomic mass is 9.93. The second kappa shape index (κ2) is 7.70. The maximum absolute atomic E-state index is 11.8. The molecule has 2 aromatic rings. The maximum Gasteiger partial charge on any atom is 0.220 e. The highest BCUT2D eigenvalue weighted by atomic mass is 16.5. The number of hydrogen-bond acceptors (Lipinski definition) is 4. The van der Waals surface area contributed by atoms with Gasteiger partial charge in [-0.05, 0) is 38.0 Å². The molecule has 2 heterocycles. The van der Waals surface area contributed by atoms with Crippen molar-refractivity contribution in [3.63, 3.8) is 0 Å². The van der Waals surface area contributed by atoms with Crippen LogP contribution in [0.2, 0.25) is 0 Å². The Morgan fingerprint density at radius 2 is 2.28 bits per heavy atom. The standard InChI is InChI=1S/C19H26N4O2/c1-13(2)25-16-6-4-5-14(9-16)10-20-17-7-8-18(24)22-19(17)15-11-21-23(3)12-15/h4-6,9,11-13,17,19-20H,7-8,10H2,1-3H3,(H,22,24)/t17-,19+/m1/s1. The number of aromatic nitrogens is 2. The molecule has 25 heavy (non-hydrogen) atoms. The first-order valence-corrected chi connectivity index (χ1v) is 8.78. The minimum Gasteiger partial charge on any atom is -0.491 e. The molecular formula is C19H26N4O2. The summed E-state index contributed by atoms with van der Waals surface area (Å²) < 4.78 is 7.52. The Balaban J connectivity index is 1.67. The molecule has 6 nitrogen and oxygen atoms in total. The predicted octanol–water partition coefficient (Wildman–Crippen LogP) is 2.32. The summed E-state index contributed by atoms with van der Waals surface area (Å²) in [6.45, 7) is 4.77. The third kappa shape index (κ3) is 4.60. The molecule has 2 atom stereocenters. The molecule has 134 valence electrons. The Hall–Kier alpha value is -2.34. The molecule has 0 radical (unpaired) electrons. The molecular weight excluding hydrogens is 316 g/mol. The van der Waals surface area contributed by atoms with E-state index in [0.29, 0.717) is 6.42 Å². The van der Waals surface area contributed by atoms with Crippen LogP contribution in [0.4, 0.5) is 0 Å². The van der Waals surface area contributed by atoms with E-state index in [2.05, 4.69) is 27.9 Å². The van der Waals surface area contributed by atoms with Crippen LogP contribution in [0.15, 0.2) is 36.7 Å². The summed E-state index contributed by atoms with van der Waals surface area (Å²) in [4.78, 5) is 11.8. The maximum atomic E-state index is 11.8. The zero-order valence-corrected chi connectivity index (χ0v) is 15.0. The summed E-state index contributed by atoms with van der Waals surface area (Å²) in [6.07, 6.45) is 5.30. The van der Waals surface area contributed by atoms with Crippen LogP contribution in [0, 0.1) is 0 Å². The Labute approximate surface area is 148 Å². The van der Waals surface area contributed by atoms with E-state index in [4.69, 9.17) is 4.74 Å².